The van der Waals surface area contributed by atoms with Crippen LogP contribution in [0.4, 0.5) is 0 Å². The Bertz CT molecular complexity index is 551. The molecule has 0 spiro atoms. The Kier molecular flexibility index (Phi) is 1.99. The number of ether oxygens (including phenoxy) is 1. The summed E-state index contributed by atoms with van der Waals surface area (Å²) in [7, 11) is 1.75. The third kappa shape index (κ3) is 1.17. The zero-order valence-electron chi connectivity index (χ0n) is 11.4. The van der Waals surface area contributed by atoms with Gasteiger partial charge in [0, 0.05) is 24.7 Å². The molecule has 4 rings (SSSR count). The molecular weight excluding hydrogens is 224 g/mol. The van der Waals surface area contributed by atoms with Crippen LogP contribution in [-0.4, -0.2) is 7.11 Å². The fraction of sp³-hybridized carbons (Fsp3) is 0.625. The number of methoxy groups -OCH3 is 1. The summed E-state index contributed by atoms with van der Waals surface area (Å²) in [5.41, 5.74) is 6.43. The van der Waals surface area contributed by atoms with Crippen LogP contribution in [0.15, 0.2) is 21.8 Å². The molecule has 96 valence electrons. The van der Waals surface area contributed by atoms with E-state index < -0.39 is 0 Å². The lowest BCUT2D eigenvalue weighted by Gasteiger charge is -2.34. The van der Waals surface area contributed by atoms with Crippen molar-refractivity contribution in [3.63, 3.8) is 0 Å². The van der Waals surface area contributed by atoms with Gasteiger partial charge in [-0.15, -0.1) is 0 Å². The van der Waals surface area contributed by atoms with E-state index in [4.69, 9.17) is 9.15 Å². The molecule has 3 atom stereocenters. The number of rotatable bonds is 2. The van der Waals surface area contributed by atoms with Gasteiger partial charge < -0.3 is 9.15 Å². The molecule has 1 fully saturated rings. The van der Waals surface area contributed by atoms with Crippen molar-refractivity contribution in [1.29, 1.82) is 0 Å². The minimum Gasteiger partial charge on any atom is -0.469 e. The largest absolute Gasteiger partial charge is 0.469 e. The summed E-state index contributed by atoms with van der Waals surface area (Å²) in [6.45, 7) is 5.48. The summed E-state index contributed by atoms with van der Waals surface area (Å²) in [6.07, 6.45) is 5.51. The molecule has 18 heavy (non-hydrogen) atoms. The number of hydrogen-bond donors (Lipinski definition) is 0. The molecule has 1 aromatic rings. The predicted molar refractivity (Wildman–Crippen MR) is 69.2 cm³/mol. The highest BCUT2D eigenvalue weighted by Crippen LogP contribution is 2.67. The molecule has 3 aliphatic rings. The number of fused-ring (bicyclic) bond motifs is 4. The maximum absolute atomic E-state index is 5.81. The molecule has 0 saturated heterocycles. The maximum atomic E-state index is 5.81. The van der Waals surface area contributed by atoms with Crippen molar-refractivity contribution in [3.8, 4) is 0 Å². The second kappa shape index (κ2) is 3.30. The van der Waals surface area contributed by atoms with E-state index in [9.17, 15) is 0 Å². The van der Waals surface area contributed by atoms with Crippen molar-refractivity contribution >= 4 is 0 Å². The molecule has 2 heteroatoms. The van der Waals surface area contributed by atoms with Gasteiger partial charge in [0.1, 0.15) is 5.76 Å². The third-order valence-corrected chi connectivity index (χ3v) is 5.58. The first-order valence-electron chi connectivity index (χ1n) is 6.92. The average Bonchev–Trinajstić information content (AvgIpc) is 3.03. The number of allylic oxidation sites excluding steroid dienone is 2. The molecule has 0 bridgehead atoms. The van der Waals surface area contributed by atoms with E-state index in [1.54, 1.807) is 18.3 Å². The van der Waals surface area contributed by atoms with E-state index in [0.29, 0.717) is 12.0 Å². The van der Waals surface area contributed by atoms with Crippen LogP contribution < -0.4 is 0 Å². The van der Waals surface area contributed by atoms with Crippen molar-refractivity contribution in [2.75, 3.05) is 7.11 Å². The minimum atomic E-state index is 0.393. The number of furan rings is 1. The molecule has 1 saturated carbocycles. The van der Waals surface area contributed by atoms with Gasteiger partial charge in [0.15, 0.2) is 0 Å². The highest BCUT2D eigenvalue weighted by molar-refractivity contribution is 5.47. The summed E-state index contributed by atoms with van der Waals surface area (Å²) in [4.78, 5) is 0. The van der Waals surface area contributed by atoms with Crippen molar-refractivity contribution in [2.45, 2.75) is 39.7 Å². The Morgan fingerprint density at radius 3 is 3.11 bits per heavy atom. The monoisotopic (exact) mass is 244 g/mol. The SMILES string of the molecule is COCc1coc2c1CC1=C(C)[C@H]3C[C@H]3[C@]1(C)C2. The topological polar surface area (TPSA) is 22.4 Å². The lowest BCUT2D eigenvalue weighted by molar-refractivity contribution is 0.183. The fourth-order valence-electron chi connectivity index (χ4n) is 4.47. The second-order valence-corrected chi connectivity index (χ2v) is 6.48. The van der Waals surface area contributed by atoms with Crippen molar-refractivity contribution in [2.24, 2.45) is 17.3 Å². The van der Waals surface area contributed by atoms with Crippen LogP contribution in [0, 0.1) is 17.3 Å². The zero-order chi connectivity index (χ0) is 12.5. The molecule has 2 nitrogen and oxygen atoms in total. The highest BCUT2D eigenvalue weighted by Gasteiger charge is 2.60. The van der Waals surface area contributed by atoms with Gasteiger partial charge in [-0.2, -0.15) is 0 Å². The van der Waals surface area contributed by atoms with Crippen LogP contribution in [0.1, 0.15) is 37.2 Å². The van der Waals surface area contributed by atoms with Crippen LogP contribution in [0.3, 0.4) is 0 Å². The smallest absolute Gasteiger partial charge is 0.108 e. The van der Waals surface area contributed by atoms with E-state index >= 15 is 0 Å². The standard InChI is InChI=1S/C16H20O2/c1-9-11-4-14(11)16(2)6-15-12(5-13(9)16)10(7-17-3)8-18-15/h8,11,14H,4-7H2,1-3H3/t11-,14-,16-/m1/s1. The molecule has 0 unspecified atom stereocenters. The van der Waals surface area contributed by atoms with Crippen LogP contribution in [0.2, 0.25) is 0 Å². The molecule has 1 heterocycles. The summed E-state index contributed by atoms with van der Waals surface area (Å²) < 4.78 is 11.1. The fourth-order valence-corrected chi connectivity index (χ4v) is 4.47. The van der Waals surface area contributed by atoms with E-state index in [0.717, 1.165) is 24.7 Å². The molecule has 1 aromatic heterocycles. The van der Waals surface area contributed by atoms with Crippen LogP contribution in [-0.2, 0) is 24.2 Å². The summed E-state index contributed by atoms with van der Waals surface area (Å²) in [6, 6.07) is 0. The lowest BCUT2D eigenvalue weighted by atomic mass is 9.69. The van der Waals surface area contributed by atoms with Gasteiger partial charge in [-0.1, -0.05) is 18.1 Å². The first-order chi connectivity index (χ1) is 8.65. The van der Waals surface area contributed by atoms with Gasteiger partial charge in [-0.05, 0) is 37.0 Å². The minimum absolute atomic E-state index is 0.393. The Morgan fingerprint density at radius 1 is 1.50 bits per heavy atom. The molecule has 0 radical (unpaired) electrons. The third-order valence-electron chi connectivity index (χ3n) is 5.58. The Labute approximate surface area is 108 Å². The zero-order valence-corrected chi connectivity index (χ0v) is 11.4. The average molecular weight is 244 g/mol. The first-order valence-corrected chi connectivity index (χ1v) is 6.92. The molecule has 0 amide bonds. The lowest BCUT2D eigenvalue weighted by Crippen LogP contribution is -2.29. The van der Waals surface area contributed by atoms with Crippen molar-refractivity contribution in [3.05, 3.63) is 34.3 Å². The van der Waals surface area contributed by atoms with E-state index in [2.05, 4.69) is 13.8 Å². The quantitative estimate of drug-likeness (QED) is 0.743. The molecule has 0 aliphatic heterocycles. The second-order valence-electron chi connectivity index (χ2n) is 6.48. The van der Waals surface area contributed by atoms with Crippen LogP contribution >= 0.6 is 0 Å². The predicted octanol–water partition coefficient (Wildman–Crippen LogP) is 3.50. The Balaban J connectivity index is 1.79. The summed E-state index contributed by atoms with van der Waals surface area (Å²) in [5.74, 6) is 3.00. The molecular formula is C16H20O2. The van der Waals surface area contributed by atoms with E-state index in [1.165, 1.54) is 23.3 Å². The van der Waals surface area contributed by atoms with Gasteiger partial charge >= 0.3 is 0 Å². The Morgan fingerprint density at radius 2 is 2.33 bits per heavy atom. The maximum Gasteiger partial charge on any atom is 0.108 e. The molecule has 3 aliphatic carbocycles. The van der Waals surface area contributed by atoms with E-state index in [1.807, 2.05) is 6.26 Å². The van der Waals surface area contributed by atoms with Gasteiger partial charge in [0.05, 0.1) is 12.9 Å². The van der Waals surface area contributed by atoms with Gasteiger partial charge in [-0.25, -0.2) is 0 Å². The summed E-state index contributed by atoms with van der Waals surface area (Å²) >= 11 is 0. The highest BCUT2D eigenvalue weighted by atomic mass is 16.5. The van der Waals surface area contributed by atoms with Gasteiger partial charge in [0.25, 0.3) is 0 Å². The normalized spacial score (nSPS) is 36.4. The first kappa shape index (κ1) is 10.9. The van der Waals surface area contributed by atoms with Crippen LogP contribution in [0.5, 0.6) is 0 Å². The Hall–Kier alpha value is -1.02. The van der Waals surface area contributed by atoms with Crippen molar-refractivity contribution in [1.82, 2.24) is 0 Å². The van der Waals surface area contributed by atoms with Crippen molar-refractivity contribution < 1.29 is 9.15 Å². The van der Waals surface area contributed by atoms with Crippen LogP contribution in [0.25, 0.3) is 0 Å². The molecule has 0 aromatic carbocycles. The number of hydrogen-bond acceptors (Lipinski definition) is 2. The molecule has 0 N–H and O–H groups in total. The van der Waals surface area contributed by atoms with Gasteiger partial charge in [-0.3, -0.25) is 0 Å². The van der Waals surface area contributed by atoms with E-state index in [-0.39, 0.29) is 0 Å². The summed E-state index contributed by atoms with van der Waals surface area (Å²) in [5, 5.41) is 0. The van der Waals surface area contributed by atoms with Gasteiger partial charge in [0.2, 0.25) is 0 Å².